The van der Waals surface area contributed by atoms with E-state index < -0.39 is 0 Å². The summed E-state index contributed by atoms with van der Waals surface area (Å²) in [7, 11) is 0. The van der Waals surface area contributed by atoms with Gasteiger partial charge in [-0.15, -0.1) is 0 Å². The van der Waals surface area contributed by atoms with Crippen molar-refractivity contribution in [3.8, 4) is 0 Å². The molecule has 0 radical (unpaired) electrons. The average molecular weight is 301 g/mol. The van der Waals surface area contributed by atoms with Gasteiger partial charge in [-0.1, -0.05) is 38.8 Å². The van der Waals surface area contributed by atoms with Crippen molar-refractivity contribution >= 4 is 12.6 Å². The second-order valence-corrected chi connectivity index (χ2v) is 11.3. The van der Waals surface area contributed by atoms with E-state index in [1.165, 1.54) is 12.8 Å². The summed E-state index contributed by atoms with van der Waals surface area (Å²) in [4.78, 5) is 0. The molecule has 11 atom stereocenters. The van der Waals surface area contributed by atoms with Gasteiger partial charge in [0.15, 0.2) is 0 Å². The van der Waals surface area contributed by atoms with E-state index in [1.54, 1.807) is 5.57 Å². The summed E-state index contributed by atoms with van der Waals surface area (Å²) in [5.41, 5.74) is 4.88. The third kappa shape index (κ3) is 0.908. The van der Waals surface area contributed by atoms with Gasteiger partial charge >= 0.3 is 0 Å². The van der Waals surface area contributed by atoms with Crippen LogP contribution in [0.5, 0.6) is 0 Å². The van der Waals surface area contributed by atoms with Crippen LogP contribution in [-0.4, -0.2) is 4.75 Å². The SMILES string of the molecule is C/C1=C2/C3C2C2C3C(C)C3C2[C@]2(C)C(C[C@@]2(C)C1)C3(C)S. The van der Waals surface area contributed by atoms with Crippen LogP contribution in [0.15, 0.2) is 11.1 Å². The van der Waals surface area contributed by atoms with Crippen LogP contribution >= 0.6 is 12.6 Å². The molecule has 6 rings (SSSR count). The van der Waals surface area contributed by atoms with Crippen molar-refractivity contribution in [1.82, 2.24) is 0 Å². The molecule has 0 nitrogen and oxygen atoms in total. The van der Waals surface area contributed by atoms with Crippen LogP contribution in [0.1, 0.15) is 47.5 Å². The van der Waals surface area contributed by atoms with Gasteiger partial charge in [0.25, 0.3) is 0 Å². The van der Waals surface area contributed by atoms with Gasteiger partial charge in [0.05, 0.1) is 0 Å². The fourth-order valence-corrected chi connectivity index (χ4v) is 10.3. The Morgan fingerprint density at radius 3 is 2.43 bits per heavy atom. The molecule has 0 spiro atoms. The zero-order valence-corrected chi connectivity index (χ0v) is 14.9. The smallest absolute Gasteiger partial charge is 0.0169 e. The maximum absolute atomic E-state index is 5.33. The van der Waals surface area contributed by atoms with E-state index in [0.717, 1.165) is 47.3 Å². The topological polar surface area (TPSA) is 0 Å². The molecule has 6 aliphatic carbocycles. The molecule has 6 aliphatic rings. The minimum Gasteiger partial charge on any atom is -0.172 e. The maximum Gasteiger partial charge on any atom is 0.0169 e. The molecule has 0 heterocycles. The first-order valence-electron chi connectivity index (χ1n) is 9.17. The Bertz CT molecular complexity index is 630. The first-order chi connectivity index (χ1) is 9.75. The molecule has 0 aromatic rings. The highest BCUT2D eigenvalue weighted by atomic mass is 32.1. The van der Waals surface area contributed by atoms with Crippen LogP contribution in [-0.2, 0) is 0 Å². The van der Waals surface area contributed by atoms with Gasteiger partial charge in [-0.2, -0.15) is 12.6 Å². The molecule has 5 fully saturated rings. The zero-order chi connectivity index (χ0) is 14.7. The first kappa shape index (κ1) is 12.5. The van der Waals surface area contributed by atoms with Crippen molar-refractivity contribution in [3.63, 3.8) is 0 Å². The summed E-state index contributed by atoms with van der Waals surface area (Å²) in [5.74, 6) is 7.77. The van der Waals surface area contributed by atoms with Gasteiger partial charge in [0, 0.05) is 4.75 Å². The molecular weight excluding hydrogens is 272 g/mol. The molecule has 0 aliphatic heterocycles. The highest BCUT2D eigenvalue weighted by Crippen LogP contribution is 2.90. The minimum atomic E-state index is 0.292. The normalized spacial score (nSPS) is 78.6. The molecule has 0 aromatic heterocycles. The Balaban J connectivity index is 1.64. The van der Waals surface area contributed by atoms with Gasteiger partial charge in [-0.25, -0.2) is 0 Å². The van der Waals surface area contributed by atoms with Crippen LogP contribution in [0.25, 0.3) is 0 Å². The number of rotatable bonds is 0. The summed E-state index contributed by atoms with van der Waals surface area (Å²) in [6.07, 6.45) is 2.82. The molecule has 0 bridgehead atoms. The Hall–Kier alpha value is 0.0900. The molecule has 5 saturated carbocycles. The lowest BCUT2D eigenvalue weighted by Gasteiger charge is -2.65. The van der Waals surface area contributed by atoms with Gasteiger partial charge in [0.2, 0.25) is 0 Å². The van der Waals surface area contributed by atoms with E-state index >= 15 is 0 Å². The van der Waals surface area contributed by atoms with Gasteiger partial charge < -0.3 is 0 Å². The Kier molecular flexibility index (Phi) is 1.74. The Morgan fingerprint density at radius 1 is 1.05 bits per heavy atom. The standard InChI is InChI=1S/C20H28S/c1-8-6-18(3)7-10-19(18,4)17-15-12(13-11(8)14(13)15)9(2)16(17)20(10,5)21/h9-10,12-17,21H,6-7H2,1-5H3/b11-8+/t9?,10?,12?,13?,14?,15?,16?,17?,18-,19+,20?/m1/s1. The molecular formula is C20H28S. The number of allylic oxidation sites excluding steroid dienone is 2. The zero-order valence-electron chi connectivity index (χ0n) is 14.0. The first-order valence-corrected chi connectivity index (χ1v) is 9.62. The monoisotopic (exact) mass is 300 g/mol. The van der Waals surface area contributed by atoms with Crippen LogP contribution in [0.2, 0.25) is 0 Å². The lowest BCUT2D eigenvalue weighted by molar-refractivity contribution is -0.155. The lowest BCUT2D eigenvalue weighted by Crippen LogP contribution is -2.60. The summed E-state index contributed by atoms with van der Waals surface area (Å²) in [6, 6.07) is 0. The second kappa shape index (κ2) is 2.92. The van der Waals surface area contributed by atoms with Crippen molar-refractivity contribution in [2.75, 3.05) is 0 Å². The molecule has 21 heavy (non-hydrogen) atoms. The van der Waals surface area contributed by atoms with E-state index in [2.05, 4.69) is 34.6 Å². The summed E-state index contributed by atoms with van der Waals surface area (Å²) in [6.45, 7) is 12.9. The van der Waals surface area contributed by atoms with Gasteiger partial charge in [-0.05, 0) is 77.9 Å². The predicted molar refractivity (Wildman–Crippen MR) is 89.1 cm³/mol. The molecule has 9 unspecified atom stereocenters. The molecule has 0 amide bonds. The average Bonchev–Trinajstić information content (AvgIpc) is 2.88. The van der Waals surface area contributed by atoms with Crippen LogP contribution in [0.3, 0.4) is 0 Å². The third-order valence-corrected chi connectivity index (χ3v) is 10.8. The lowest BCUT2D eigenvalue weighted by atomic mass is 9.39. The number of fused-ring (bicyclic) bond motifs is 2. The molecule has 0 N–H and O–H groups in total. The van der Waals surface area contributed by atoms with E-state index in [0.29, 0.717) is 15.6 Å². The summed E-state index contributed by atoms with van der Waals surface area (Å²) in [5, 5.41) is 0. The Labute approximate surface area is 134 Å². The fraction of sp³-hybridized carbons (Fsp3) is 0.900. The van der Waals surface area contributed by atoms with E-state index in [-0.39, 0.29) is 0 Å². The quantitative estimate of drug-likeness (QED) is 0.481. The van der Waals surface area contributed by atoms with Crippen molar-refractivity contribution in [1.29, 1.82) is 0 Å². The van der Waals surface area contributed by atoms with Gasteiger partial charge in [0.1, 0.15) is 0 Å². The fourth-order valence-electron chi connectivity index (χ4n) is 9.52. The van der Waals surface area contributed by atoms with E-state index in [9.17, 15) is 0 Å². The molecule has 0 saturated heterocycles. The highest BCUT2D eigenvalue weighted by Gasteiger charge is 2.85. The largest absolute Gasteiger partial charge is 0.172 e. The van der Waals surface area contributed by atoms with E-state index in [4.69, 9.17) is 12.6 Å². The van der Waals surface area contributed by atoms with Crippen molar-refractivity contribution < 1.29 is 0 Å². The Morgan fingerprint density at radius 2 is 1.71 bits per heavy atom. The van der Waals surface area contributed by atoms with Gasteiger partial charge in [-0.3, -0.25) is 0 Å². The third-order valence-electron chi connectivity index (χ3n) is 10.1. The van der Waals surface area contributed by atoms with Crippen LogP contribution < -0.4 is 0 Å². The van der Waals surface area contributed by atoms with Crippen LogP contribution in [0, 0.1) is 58.2 Å². The highest BCUT2D eigenvalue weighted by molar-refractivity contribution is 7.81. The predicted octanol–water partition coefficient (Wildman–Crippen LogP) is 4.82. The number of thiol groups is 1. The molecule has 114 valence electrons. The number of hydrogen-bond acceptors (Lipinski definition) is 1. The van der Waals surface area contributed by atoms with Crippen molar-refractivity contribution in [3.05, 3.63) is 11.1 Å². The maximum atomic E-state index is 5.33. The van der Waals surface area contributed by atoms with Crippen LogP contribution in [0.4, 0.5) is 0 Å². The second-order valence-electron chi connectivity index (χ2n) is 10.4. The van der Waals surface area contributed by atoms with Crippen molar-refractivity contribution in [2.45, 2.75) is 52.2 Å². The summed E-state index contributed by atoms with van der Waals surface area (Å²) >= 11 is 5.33. The molecule has 0 aromatic carbocycles. The minimum absolute atomic E-state index is 0.292. The van der Waals surface area contributed by atoms with Crippen molar-refractivity contribution in [2.24, 2.45) is 58.2 Å². The number of hydrogen-bond donors (Lipinski definition) is 1. The molecule has 1 heteroatoms. The summed E-state index contributed by atoms with van der Waals surface area (Å²) < 4.78 is 0.292. The van der Waals surface area contributed by atoms with E-state index in [1.807, 2.05) is 5.57 Å².